The Balaban J connectivity index is 1.34. The quantitative estimate of drug-likeness (QED) is 0.458. The Labute approximate surface area is 204 Å². The molecule has 1 atom stereocenters. The van der Waals surface area contributed by atoms with Crippen molar-refractivity contribution in [2.45, 2.75) is 13.0 Å². The van der Waals surface area contributed by atoms with Crippen LogP contribution in [-0.4, -0.2) is 68.2 Å². The van der Waals surface area contributed by atoms with E-state index in [4.69, 9.17) is 4.74 Å². The molecule has 2 aliphatic heterocycles. The number of aromatic carboxylic acids is 1. The molecule has 36 heavy (non-hydrogen) atoms. The summed E-state index contributed by atoms with van der Waals surface area (Å²) in [6.45, 7) is 4.12. The third-order valence-corrected chi connectivity index (χ3v) is 6.62. The Morgan fingerprint density at radius 2 is 1.97 bits per heavy atom. The van der Waals surface area contributed by atoms with Crippen LogP contribution in [0.2, 0.25) is 0 Å². The molecule has 0 bridgehead atoms. The first-order chi connectivity index (χ1) is 17.4. The van der Waals surface area contributed by atoms with Gasteiger partial charge in [0.25, 0.3) is 0 Å². The summed E-state index contributed by atoms with van der Waals surface area (Å²) in [5.41, 5.74) is -0.424. The fraction of sp³-hybridized carbons (Fsp3) is 0.292. The number of piperazine rings is 1. The number of carboxylic acids is 1. The number of carboxylic acid groups (broad SMARTS) is 1. The standard InChI is InChI=1S/C24H22FN7O4/c1-14-13-36-22-19-15(21(33)16(23(34)35)12-31(14)19)11-17(25)20(22)29-7-9-30(10-8-29)24-26-5-3-18(28-24)32-6-2-4-27-32/h2-6,11-12,14H,7-10,13H2,1H3,(H,34,35). The lowest BCUT2D eigenvalue weighted by atomic mass is 10.1. The highest BCUT2D eigenvalue weighted by atomic mass is 19.1. The Morgan fingerprint density at radius 1 is 1.19 bits per heavy atom. The molecule has 11 nitrogen and oxygen atoms in total. The zero-order chi connectivity index (χ0) is 25.0. The molecule has 0 radical (unpaired) electrons. The smallest absolute Gasteiger partial charge is 0.341 e. The number of rotatable bonds is 4. The highest BCUT2D eigenvalue weighted by Crippen LogP contribution is 2.42. The van der Waals surface area contributed by atoms with Gasteiger partial charge in [-0.25, -0.2) is 18.9 Å². The van der Waals surface area contributed by atoms with Gasteiger partial charge in [-0.05, 0) is 19.1 Å². The average molecular weight is 491 g/mol. The largest absolute Gasteiger partial charge is 0.487 e. The molecule has 5 heterocycles. The third-order valence-electron chi connectivity index (χ3n) is 6.62. The van der Waals surface area contributed by atoms with Gasteiger partial charge in [-0.15, -0.1) is 0 Å². The summed E-state index contributed by atoms with van der Waals surface area (Å²) >= 11 is 0. The highest BCUT2D eigenvalue weighted by Gasteiger charge is 2.31. The molecular weight excluding hydrogens is 469 g/mol. The van der Waals surface area contributed by atoms with Crippen LogP contribution in [0.5, 0.6) is 5.75 Å². The normalized spacial score (nSPS) is 17.3. The molecule has 1 fully saturated rings. The fourth-order valence-corrected chi connectivity index (χ4v) is 4.81. The van der Waals surface area contributed by atoms with Gasteiger partial charge < -0.3 is 24.2 Å². The van der Waals surface area contributed by atoms with E-state index in [-0.39, 0.29) is 35.0 Å². The molecule has 0 saturated carbocycles. The first-order valence-corrected chi connectivity index (χ1v) is 11.5. The first-order valence-electron chi connectivity index (χ1n) is 11.5. The zero-order valence-corrected chi connectivity index (χ0v) is 19.3. The highest BCUT2D eigenvalue weighted by molar-refractivity contribution is 5.97. The van der Waals surface area contributed by atoms with E-state index in [0.29, 0.717) is 43.5 Å². The van der Waals surface area contributed by atoms with Gasteiger partial charge in [-0.3, -0.25) is 4.79 Å². The molecule has 0 aliphatic carbocycles. The van der Waals surface area contributed by atoms with Gasteiger partial charge in [0.05, 0.1) is 16.9 Å². The summed E-state index contributed by atoms with van der Waals surface area (Å²) in [4.78, 5) is 37.3. The van der Waals surface area contributed by atoms with Crippen LogP contribution in [0, 0.1) is 5.82 Å². The Hall–Kier alpha value is -4.48. The van der Waals surface area contributed by atoms with Gasteiger partial charge in [0.1, 0.15) is 17.9 Å². The summed E-state index contributed by atoms with van der Waals surface area (Å²) in [6, 6.07) is 4.50. The molecule has 184 valence electrons. The van der Waals surface area contributed by atoms with Gasteiger partial charge in [0.15, 0.2) is 17.4 Å². The lowest BCUT2D eigenvalue weighted by molar-refractivity contribution is 0.0694. The Morgan fingerprint density at radius 3 is 2.69 bits per heavy atom. The van der Waals surface area contributed by atoms with Crippen LogP contribution in [0.15, 0.2) is 47.8 Å². The number of ether oxygens (including phenoxy) is 1. The molecule has 1 saturated heterocycles. The zero-order valence-electron chi connectivity index (χ0n) is 19.3. The van der Waals surface area contributed by atoms with Gasteiger partial charge in [0.2, 0.25) is 11.4 Å². The van der Waals surface area contributed by atoms with Crippen molar-refractivity contribution in [3.05, 3.63) is 64.6 Å². The van der Waals surface area contributed by atoms with E-state index in [9.17, 15) is 14.7 Å². The van der Waals surface area contributed by atoms with Crippen LogP contribution in [0.25, 0.3) is 16.7 Å². The van der Waals surface area contributed by atoms with Crippen molar-refractivity contribution in [2.75, 3.05) is 42.6 Å². The van der Waals surface area contributed by atoms with Crippen molar-refractivity contribution in [2.24, 2.45) is 0 Å². The van der Waals surface area contributed by atoms with Crippen LogP contribution >= 0.6 is 0 Å². The number of pyridine rings is 1. The monoisotopic (exact) mass is 491 g/mol. The molecule has 0 amide bonds. The van der Waals surface area contributed by atoms with E-state index < -0.39 is 17.2 Å². The van der Waals surface area contributed by atoms with E-state index in [1.165, 1.54) is 6.20 Å². The van der Waals surface area contributed by atoms with Crippen LogP contribution < -0.4 is 20.0 Å². The molecule has 0 spiro atoms. The molecule has 2 aliphatic rings. The van der Waals surface area contributed by atoms with Gasteiger partial charge >= 0.3 is 5.97 Å². The molecule has 1 N–H and O–H groups in total. The maximum atomic E-state index is 15.5. The topological polar surface area (TPSA) is 119 Å². The van der Waals surface area contributed by atoms with E-state index >= 15 is 4.39 Å². The maximum Gasteiger partial charge on any atom is 0.341 e. The Kier molecular flexibility index (Phi) is 5.09. The molecule has 6 rings (SSSR count). The van der Waals surface area contributed by atoms with E-state index in [0.717, 1.165) is 6.07 Å². The van der Waals surface area contributed by atoms with Gasteiger partial charge in [-0.1, -0.05) is 0 Å². The number of aromatic nitrogens is 5. The molecule has 1 unspecified atom stereocenters. The second-order valence-electron chi connectivity index (χ2n) is 8.82. The second-order valence-corrected chi connectivity index (χ2v) is 8.82. The number of nitrogens with zero attached hydrogens (tertiary/aromatic N) is 7. The molecule has 3 aromatic heterocycles. The fourth-order valence-electron chi connectivity index (χ4n) is 4.81. The van der Waals surface area contributed by atoms with Crippen LogP contribution in [-0.2, 0) is 0 Å². The predicted molar refractivity (Wildman–Crippen MR) is 129 cm³/mol. The number of hydrogen-bond donors (Lipinski definition) is 1. The summed E-state index contributed by atoms with van der Waals surface area (Å²) in [7, 11) is 0. The molecule has 12 heteroatoms. The maximum absolute atomic E-state index is 15.5. The molecule has 1 aromatic carbocycles. The number of carbonyl (C=O) groups is 1. The average Bonchev–Trinajstić information content (AvgIpc) is 3.42. The van der Waals surface area contributed by atoms with Crippen molar-refractivity contribution in [1.29, 1.82) is 0 Å². The van der Waals surface area contributed by atoms with E-state index in [1.807, 2.05) is 22.8 Å². The third kappa shape index (κ3) is 3.44. The first kappa shape index (κ1) is 22.0. The summed E-state index contributed by atoms with van der Waals surface area (Å²) in [5.74, 6) is -0.488. The lowest BCUT2D eigenvalue weighted by Crippen LogP contribution is -2.47. The van der Waals surface area contributed by atoms with Crippen molar-refractivity contribution >= 4 is 28.5 Å². The van der Waals surface area contributed by atoms with Crippen molar-refractivity contribution in [3.8, 4) is 11.6 Å². The predicted octanol–water partition coefficient (Wildman–Crippen LogP) is 2.09. The minimum Gasteiger partial charge on any atom is -0.487 e. The van der Waals surface area contributed by atoms with Crippen molar-refractivity contribution in [3.63, 3.8) is 0 Å². The van der Waals surface area contributed by atoms with Crippen LogP contribution in [0.3, 0.4) is 0 Å². The molecular formula is C24H22FN7O4. The lowest BCUT2D eigenvalue weighted by Gasteiger charge is -2.38. The van der Waals surface area contributed by atoms with Gasteiger partial charge in [-0.2, -0.15) is 10.1 Å². The number of hydrogen-bond acceptors (Lipinski definition) is 8. The van der Waals surface area contributed by atoms with Gasteiger partial charge in [0, 0.05) is 57.0 Å². The second kappa shape index (κ2) is 8.33. The van der Waals surface area contributed by atoms with E-state index in [2.05, 4.69) is 15.1 Å². The number of benzene rings is 1. The molecule has 4 aromatic rings. The number of anilines is 2. The van der Waals surface area contributed by atoms with Crippen molar-refractivity contribution in [1.82, 2.24) is 24.3 Å². The van der Waals surface area contributed by atoms with Crippen LogP contribution in [0.1, 0.15) is 23.3 Å². The summed E-state index contributed by atoms with van der Waals surface area (Å²) < 4.78 is 24.8. The van der Waals surface area contributed by atoms with E-state index in [1.54, 1.807) is 33.9 Å². The summed E-state index contributed by atoms with van der Waals surface area (Å²) in [5, 5.41) is 13.7. The van der Waals surface area contributed by atoms with Crippen molar-refractivity contribution < 1.29 is 19.0 Å². The minimum atomic E-state index is -1.34. The Bertz CT molecular complexity index is 1540. The minimum absolute atomic E-state index is 0.000160. The summed E-state index contributed by atoms with van der Waals surface area (Å²) in [6.07, 6.45) is 6.49. The number of halogens is 1. The SMILES string of the molecule is CC1COc2c(N3CCN(c4nccc(-n5cccn5)n4)CC3)c(F)cc3c(=O)c(C(=O)O)cn1c23. The van der Waals surface area contributed by atoms with Crippen LogP contribution in [0.4, 0.5) is 16.0 Å².